The van der Waals surface area contributed by atoms with Gasteiger partial charge in [-0.05, 0) is 19.7 Å². The SMILES string of the molecule is C=CP(=O)([O-])OCC1OC1(C)C. The molecule has 70 valence electrons. The monoisotopic (exact) mass is 191 g/mol. The van der Waals surface area contributed by atoms with E-state index in [4.69, 9.17) is 4.74 Å². The van der Waals surface area contributed by atoms with Crippen molar-refractivity contribution < 1.29 is 18.7 Å². The fraction of sp³-hybridized carbons (Fsp3) is 0.714. The Hall–Kier alpha value is -0.150. The Bertz CT molecular complexity index is 236. The molecule has 0 aliphatic carbocycles. The van der Waals surface area contributed by atoms with Gasteiger partial charge >= 0.3 is 0 Å². The fourth-order valence-electron chi connectivity index (χ4n) is 0.792. The van der Waals surface area contributed by atoms with Crippen LogP contribution in [-0.4, -0.2) is 18.3 Å². The summed E-state index contributed by atoms with van der Waals surface area (Å²) in [6, 6.07) is 0. The van der Waals surface area contributed by atoms with Crippen LogP contribution in [0.3, 0.4) is 0 Å². The zero-order chi connectivity index (χ0) is 9.41. The predicted molar refractivity (Wildman–Crippen MR) is 42.7 cm³/mol. The van der Waals surface area contributed by atoms with E-state index in [1.807, 2.05) is 13.8 Å². The third-order valence-corrected chi connectivity index (χ3v) is 2.75. The van der Waals surface area contributed by atoms with Crippen LogP contribution >= 0.6 is 7.60 Å². The Morgan fingerprint density at radius 3 is 2.67 bits per heavy atom. The summed E-state index contributed by atoms with van der Waals surface area (Å²) in [6.45, 7) is 6.97. The van der Waals surface area contributed by atoms with Crippen LogP contribution in [0.15, 0.2) is 12.4 Å². The van der Waals surface area contributed by atoms with Crippen LogP contribution < -0.4 is 4.89 Å². The average Bonchev–Trinajstić information content (AvgIpc) is 2.56. The maximum Gasteiger partial charge on any atom is 0.157 e. The summed E-state index contributed by atoms with van der Waals surface area (Å²) in [6.07, 6.45) is -0.111. The zero-order valence-electron chi connectivity index (χ0n) is 7.15. The highest BCUT2D eigenvalue weighted by Crippen LogP contribution is 2.42. The van der Waals surface area contributed by atoms with E-state index in [0.29, 0.717) is 0 Å². The average molecular weight is 191 g/mol. The Kier molecular flexibility index (Phi) is 2.45. The lowest BCUT2D eigenvalue weighted by Crippen LogP contribution is -2.11. The van der Waals surface area contributed by atoms with E-state index < -0.39 is 7.60 Å². The van der Waals surface area contributed by atoms with E-state index in [1.165, 1.54) is 0 Å². The second-order valence-corrected chi connectivity index (χ2v) is 4.93. The molecular weight excluding hydrogens is 179 g/mol. The highest BCUT2D eigenvalue weighted by Gasteiger charge is 2.48. The summed E-state index contributed by atoms with van der Waals surface area (Å²) in [7, 11) is -3.81. The minimum absolute atomic E-state index is 0.0831. The van der Waals surface area contributed by atoms with Crippen LogP contribution in [0.4, 0.5) is 0 Å². The van der Waals surface area contributed by atoms with Gasteiger partial charge in [-0.1, -0.05) is 6.58 Å². The molecule has 2 unspecified atom stereocenters. The topological polar surface area (TPSA) is 61.9 Å². The second kappa shape index (κ2) is 2.96. The summed E-state index contributed by atoms with van der Waals surface area (Å²) < 4.78 is 20.5. The minimum Gasteiger partial charge on any atom is -0.775 e. The molecule has 0 aromatic rings. The van der Waals surface area contributed by atoms with E-state index in [9.17, 15) is 9.46 Å². The van der Waals surface area contributed by atoms with Gasteiger partial charge in [-0.15, -0.1) is 0 Å². The lowest BCUT2D eigenvalue weighted by atomic mass is 10.1. The van der Waals surface area contributed by atoms with Crippen LogP contribution in [-0.2, 0) is 13.8 Å². The molecule has 0 radical (unpaired) electrons. The second-order valence-electron chi connectivity index (χ2n) is 3.23. The Morgan fingerprint density at radius 1 is 1.83 bits per heavy atom. The third kappa shape index (κ3) is 2.42. The van der Waals surface area contributed by atoms with Gasteiger partial charge in [0, 0.05) is 0 Å². The molecule has 0 N–H and O–H groups in total. The summed E-state index contributed by atoms with van der Waals surface area (Å²) in [5.41, 5.74) is -0.235. The van der Waals surface area contributed by atoms with Crippen molar-refractivity contribution in [1.82, 2.24) is 0 Å². The van der Waals surface area contributed by atoms with Gasteiger partial charge in [0.15, 0.2) is 7.60 Å². The van der Waals surface area contributed by atoms with E-state index in [2.05, 4.69) is 11.1 Å². The van der Waals surface area contributed by atoms with Gasteiger partial charge in [-0.3, -0.25) is 0 Å². The number of ether oxygens (including phenoxy) is 1. The highest BCUT2D eigenvalue weighted by atomic mass is 31.2. The summed E-state index contributed by atoms with van der Waals surface area (Å²) >= 11 is 0. The molecule has 1 fully saturated rings. The molecule has 2 atom stereocenters. The number of hydrogen-bond donors (Lipinski definition) is 0. The van der Waals surface area contributed by atoms with Crippen LogP contribution in [0.25, 0.3) is 0 Å². The van der Waals surface area contributed by atoms with E-state index in [0.717, 1.165) is 5.82 Å². The van der Waals surface area contributed by atoms with Crippen LogP contribution in [0.5, 0.6) is 0 Å². The molecule has 4 nitrogen and oxygen atoms in total. The number of rotatable bonds is 4. The number of hydrogen-bond acceptors (Lipinski definition) is 4. The van der Waals surface area contributed by atoms with Crippen LogP contribution in [0, 0.1) is 0 Å². The van der Waals surface area contributed by atoms with Crippen molar-refractivity contribution >= 4 is 7.60 Å². The van der Waals surface area contributed by atoms with Gasteiger partial charge in [0.2, 0.25) is 0 Å². The molecule has 1 aliphatic rings. The van der Waals surface area contributed by atoms with Gasteiger partial charge < -0.3 is 18.7 Å². The van der Waals surface area contributed by atoms with Crippen LogP contribution in [0.1, 0.15) is 13.8 Å². The Labute approximate surface area is 71.7 Å². The Morgan fingerprint density at radius 2 is 2.33 bits per heavy atom. The first-order valence-electron chi connectivity index (χ1n) is 3.64. The maximum absolute atomic E-state index is 10.8. The molecule has 0 spiro atoms. The molecule has 0 saturated carbocycles. The zero-order valence-corrected chi connectivity index (χ0v) is 8.04. The molecule has 1 saturated heterocycles. The van der Waals surface area contributed by atoms with E-state index in [1.54, 1.807) is 0 Å². The first-order chi connectivity index (χ1) is 5.37. The van der Waals surface area contributed by atoms with Gasteiger partial charge in [0.1, 0.15) is 6.10 Å². The van der Waals surface area contributed by atoms with Gasteiger partial charge in [-0.2, -0.15) is 0 Å². The molecule has 0 amide bonds. The van der Waals surface area contributed by atoms with Crippen molar-refractivity contribution in [1.29, 1.82) is 0 Å². The third-order valence-electron chi connectivity index (χ3n) is 1.79. The lowest BCUT2D eigenvalue weighted by Gasteiger charge is -2.17. The molecule has 5 heteroatoms. The molecule has 1 heterocycles. The molecule has 12 heavy (non-hydrogen) atoms. The van der Waals surface area contributed by atoms with Crippen molar-refractivity contribution in [3.63, 3.8) is 0 Å². The Balaban J connectivity index is 2.29. The molecule has 1 aliphatic heterocycles. The molecule has 0 aromatic heterocycles. The van der Waals surface area contributed by atoms with Gasteiger partial charge in [0.25, 0.3) is 0 Å². The molecular formula is C7H12O4P-. The largest absolute Gasteiger partial charge is 0.775 e. The summed E-state index contributed by atoms with van der Waals surface area (Å²) in [5, 5.41) is 0. The van der Waals surface area contributed by atoms with Crippen molar-refractivity contribution in [3.05, 3.63) is 12.4 Å². The van der Waals surface area contributed by atoms with E-state index in [-0.39, 0.29) is 18.3 Å². The van der Waals surface area contributed by atoms with Gasteiger partial charge in [-0.25, -0.2) is 0 Å². The summed E-state index contributed by atoms with van der Waals surface area (Å²) in [5.74, 6) is 0.808. The van der Waals surface area contributed by atoms with Crippen LogP contribution in [0.2, 0.25) is 0 Å². The predicted octanol–water partition coefficient (Wildman–Crippen LogP) is 0.877. The van der Waals surface area contributed by atoms with Crippen molar-refractivity contribution in [2.45, 2.75) is 25.6 Å². The molecule has 1 rings (SSSR count). The smallest absolute Gasteiger partial charge is 0.157 e. The number of epoxide rings is 1. The van der Waals surface area contributed by atoms with E-state index >= 15 is 0 Å². The maximum atomic E-state index is 10.8. The van der Waals surface area contributed by atoms with Gasteiger partial charge in [0.05, 0.1) is 12.2 Å². The van der Waals surface area contributed by atoms with Crippen molar-refractivity contribution in [2.24, 2.45) is 0 Å². The molecule has 0 bridgehead atoms. The standard InChI is InChI=1S/C7H13O4P/c1-4-12(8,9)10-5-6-7(2,3)11-6/h4,6H,1,5H2,2-3H3,(H,8,9)/p-1. The summed E-state index contributed by atoms with van der Waals surface area (Å²) in [4.78, 5) is 10.8. The lowest BCUT2D eigenvalue weighted by molar-refractivity contribution is -0.194. The van der Waals surface area contributed by atoms with Crippen molar-refractivity contribution in [3.8, 4) is 0 Å². The normalized spacial score (nSPS) is 30.8. The minimum atomic E-state index is -3.81. The fourth-order valence-corrected chi connectivity index (χ4v) is 1.24. The highest BCUT2D eigenvalue weighted by molar-refractivity contribution is 7.54. The first-order valence-corrected chi connectivity index (χ1v) is 5.25. The molecule has 0 aromatic carbocycles. The van der Waals surface area contributed by atoms with Crippen molar-refractivity contribution in [2.75, 3.05) is 6.61 Å². The quantitative estimate of drug-likeness (QED) is 0.488. The first kappa shape index (κ1) is 9.93.